The maximum atomic E-state index is 12.3. The molecule has 0 bridgehead atoms. The molecule has 1 amide bonds. The van der Waals surface area contributed by atoms with Gasteiger partial charge in [0.05, 0.1) is 6.20 Å². The molecule has 2 aromatic rings. The zero-order valence-corrected chi connectivity index (χ0v) is 15.3. The summed E-state index contributed by atoms with van der Waals surface area (Å²) in [4.78, 5) is 19.6. The van der Waals surface area contributed by atoms with E-state index in [9.17, 15) is 13.2 Å². The van der Waals surface area contributed by atoms with Gasteiger partial charge in [-0.15, -0.1) is 0 Å². The van der Waals surface area contributed by atoms with Gasteiger partial charge in [0, 0.05) is 18.0 Å². The number of aromatic nitrogens is 1. The molecule has 1 aromatic heterocycles. The molecule has 0 aliphatic carbocycles. The normalized spacial score (nSPS) is 11.0. The van der Waals surface area contributed by atoms with E-state index in [1.165, 1.54) is 18.3 Å². The molecule has 0 saturated heterocycles. The number of pyridine rings is 1. The second-order valence-corrected chi connectivity index (χ2v) is 7.60. The second-order valence-electron chi connectivity index (χ2n) is 5.61. The van der Waals surface area contributed by atoms with E-state index >= 15 is 0 Å². The number of rotatable bonds is 6. The van der Waals surface area contributed by atoms with Gasteiger partial charge in [-0.1, -0.05) is 13.3 Å². The number of hydrogen-bond acceptors (Lipinski definition) is 5. The SMILES string of the molecule is CCCc1cc(Oc2cccnc2)c(S(C)(=O)=O)cc1C(=O)N=C(N)N. The molecule has 0 aliphatic rings. The predicted molar refractivity (Wildman–Crippen MR) is 98.0 cm³/mol. The highest BCUT2D eigenvalue weighted by Crippen LogP contribution is 2.32. The Morgan fingerprint density at radius 2 is 2.04 bits per heavy atom. The lowest BCUT2D eigenvalue weighted by Crippen LogP contribution is -2.24. The van der Waals surface area contributed by atoms with Crippen LogP contribution in [0.25, 0.3) is 0 Å². The third-order valence-electron chi connectivity index (χ3n) is 3.41. The van der Waals surface area contributed by atoms with Gasteiger partial charge in [-0.2, -0.15) is 4.99 Å². The molecule has 0 atom stereocenters. The van der Waals surface area contributed by atoms with Crippen LogP contribution in [0.2, 0.25) is 0 Å². The van der Waals surface area contributed by atoms with Gasteiger partial charge in [-0.05, 0) is 36.2 Å². The Hall–Kier alpha value is -2.94. The van der Waals surface area contributed by atoms with E-state index in [0.717, 1.165) is 12.7 Å². The van der Waals surface area contributed by atoms with E-state index in [1.54, 1.807) is 18.3 Å². The van der Waals surface area contributed by atoms with Crippen LogP contribution in [0.5, 0.6) is 11.5 Å². The van der Waals surface area contributed by atoms with Gasteiger partial charge >= 0.3 is 0 Å². The summed E-state index contributed by atoms with van der Waals surface area (Å²) >= 11 is 0. The fourth-order valence-corrected chi connectivity index (χ4v) is 3.16. The first-order chi connectivity index (χ1) is 12.2. The average molecular weight is 376 g/mol. The van der Waals surface area contributed by atoms with Crippen LogP contribution >= 0.6 is 0 Å². The van der Waals surface area contributed by atoms with Crippen molar-refractivity contribution in [1.29, 1.82) is 0 Å². The number of nitrogens with zero attached hydrogens (tertiary/aromatic N) is 2. The van der Waals surface area contributed by atoms with E-state index in [2.05, 4.69) is 9.98 Å². The molecule has 9 heteroatoms. The molecule has 0 fully saturated rings. The molecule has 1 aromatic carbocycles. The molecule has 8 nitrogen and oxygen atoms in total. The molecule has 26 heavy (non-hydrogen) atoms. The Morgan fingerprint density at radius 1 is 1.31 bits per heavy atom. The van der Waals surface area contributed by atoms with Crippen LogP contribution in [0.4, 0.5) is 0 Å². The van der Waals surface area contributed by atoms with Crippen LogP contribution in [-0.4, -0.2) is 31.5 Å². The monoisotopic (exact) mass is 376 g/mol. The zero-order valence-electron chi connectivity index (χ0n) is 14.5. The number of carbonyl (C=O) groups is 1. The highest BCUT2D eigenvalue weighted by Gasteiger charge is 2.22. The van der Waals surface area contributed by atoms with Crippen molar-refractivity contribution in [3.63, 3.8) is 0 Å². The van der Waals surface area contributed by atoms with Crippen molar-refractivity contribution in [2.75, 3.05) is 6.26 Å². The number of guanidine groups is 1. The first kappa shape index (κ1) is 19.4. The molecule has 4 N–H and O–H groups in total. The van der Waals surface area contributed by atoms with E-state index in [-0.39, 0.29) is 16.2 Å². The lowest BCUT2D eigenvalue weighted by molar-refractivity contribution is 0.100. The number of aliphatic imine (C=N–C) groups is 1. The fourth-order valence-electron chi connectivity index (χ4n) is 2.36. The lowest BCUT2D eigenvalue weighted by atomic mass is 10.0. The van der Waals surface area contributed by atoms with Gasteiger partial charge in [-0.25, -0.2) is 8.42 Å². The van der Waals surface area contributed by atoms with E-state index in [0.29, 0.717) is 17.7 Å². The van der Waals surface area contributed by atoms with Gasteiger partial charge < -0.3 is 16.2 Å². The highest BCUT2D eigenvalue weighted by atomic mass is 32.2. The minimum absolute atomic E-state index is 0.116. The maximum absolute atomic E-state index is 12.3. The van der Waals surface area contributed by atoms with Gasteiger partial charge in [0.15, 0.2) is 15.8 Å². The average Bonchev–Trinajstić information content (AvgIpc) is 2.54. The van der Waals surface area contributed by atoms with Crippen LogP contribution in [0.15, 0.2) is 46.5 Å². The van der Waals surface area contributed by atoms with Crippen molar-refractivity contribution in [1.82, 2.24) is 4.98 Å². The van der Waals surface area contributed by atoms with Crippen molar-refractivity contribution >= 4 is 21.7 Å². The summed E-state index contributed by atoms with van der Waals surface area (Å²) in [5, 5.41) is 0. The molecular formula is C17H20N4O4S. The van der Waals surface area contributed by atoms with Crippen molar-refractivity contribution in [2.24, 2.45) is 16.5 Å². The third kappa shape index (κ3) is 4.79. The highest BCUT2D eigenvalue weighted by molar-refractivity contribution is 7.90. The summed E-state index contributed by atoms with van der Waals surface area (Å²) in [6.45, 7) is 1.93. The van der Waals surface area contributed by atoms with Gasteiger partial charge in [0.25, 0.3) is 5.91 Å². The van der Waals surface area contributed by atoms with Gasteiger partial charge in [0.1, 0.15) is 16.4 Å². The number of amides is 1. The van der Waals surface area contributed by atoms with E-state index in [1.807, 2.05) is 6.92 Å². The molecule has 0 saturated carbocycles. The standard InChI is InChI=1S/C17H20N4O4S/c1-3-5-11-8-14(25-12-6-4-7-20-10-12)15(26(2,23)24)9-13(11)16(22)21-17(18)19/h4,6-10H,3,5H2,1-2H3,(H4,18,19,21,22). The van der Waals surface area contributed by atoms with Crippen LogP contribution in [0, 0.1) is 0 Å². The number of aryl methyl sites for hydroxylation is 1. The van der Waals surface area contributed by atoms with E-state index < -0.39 is 21.7 Å². The smallest absolute Gasteiger partial charge is 0.280 e. The summed E-state index contributed by atoms with van der Waals surface area (Å²) in [5.41, 5.74) is 11.3. The topological polar surface area (TPSA) is 138 Å². The van der Waals surface area contributed by atoms with Crippen LogP contribution < -0.4 is 16.2 Å². The van der Waals surface area contributed by atoms with Gasteiger partial charge in [-0.3, -0.25) is 9.78 Å². The summed E-state index contributed by atoms with van der Waals surface area (Å²) in [6, 6.07) is 6.10. The number of nitrogens with two attached hydrogens (primary N) is 2. The van der Waals surface area contributed by atoms with Crippen LogP contribution in [-0.2, 0) is 16.3 Å². The minimum Gasteiger partial charge on any atom is -0.454 e. The maximum Gasteiger partial charge on any atom is 0.280 e. The van der Waals surface area contributed by atoms with Gasteiger partial charge in [0.2, 0.25) is 0 Å². The summed E-state index contributed by atoms with van der Waals surface area (Å²) in [6.07, 6.45) is 5.32. The molecule has 0 unspecified atom stereocenters. The summed E-state index contributed by atoms with van der Waals surface area (Å²) in [5.74, 6) is -0.603. The minimum atomic E-state index is -3.68. The third-order valence-corrected chi connectivity index (χ3v) is 4.53. The van der Waals surface area contributed by atoms with Crippen molar-refractivity contribution in [3.05, 3.63) is 47.8 Å². The molecule has 138 valence electrons. The van der Waals surface area contributed by atoms with Crippen molar-refractivity contribution in [2.45, 2.75) is 24.7 Å². The Bertz CT molecular complexity index is 937. The summed E-state index contributed by atoms with van der Waals surface area (Å²) in [7, 11) is -3.68. The van der Waals surface area contributed by atoms with E-state index in [4.69, 9.17) is 16.2 Å². The van der Waals surface area contributed by atoms with Crippen LogP contribution in [0.1, 0.15) is 29.3 Å². The number of benzene rings is 1. The van der Waals surface area contributed by atoms with Crippen LogP contribution in [0.3, 0.4) is 0 Å². The fraction of sp³-hybridized carbons (Fsp3) is 0.235. The molecule has 2 rings (SSSR count). The number of ether oxygens (including phenoxy) is 1. The number of hydrogen-bond donors (Lipinski definition) is 2. The molecule has 0 spiro atoms. The largest absolute Gasteiger partial charge is 0.454 e. The quantitative estimate of drug-likeness (QED) is 0.577. The predicted octanol–water partition coefficient (Wildman–Crippen LogP) is 1.64. The lowest BCUT2D eigenvalue weighted by Gasteiger charge is -2.14. The first-order valence-corrected chi connectivity index (χ1v) is 9.70. The molecule has 1 heterocycles. The Balaban J connectivity index is 2.65. The molecular weight excluding hydrogens is 356 g/mol. The second kappa shape index (κ2) is 7.96. The van der Waals surface area contributed by atoms with Crippen molar-refractivity contribution < 1.29 is 17.9 Å². The zero-order chi connectivity index (χ0) is 19.3. The molecule has 0 aliphatic heterocycles. The summed E-state index contributed by atoms with van der Waals surface area (Å²) < 4.78 is 30.1. The Labute approximate surface area is 151 Å². The number of carbonyl (C=O) groups excluding carboxylic acids is 1. The first-order valence-electron chi connectivity index (χ1n) is 7.81. The Kier molecular flexibility index (Phi) is 5.93. The van der Waals surface area contributed by atoms with Crippen molar-refractivity contribution in [3.8, 4) is 11.5 Å². The Morgan fingerprint density at radius 3 is 2.58 bits per heavy atom. The number of sulfone groups is 1. The molecule has 0 radical (unpaired) electrons.